The van der Waals surface area contributed by atoms with Crippen LogP contribution >= 0.6 is 34.4 Å². The predicted octanol–water partition coefficient (Wildman–Crippen LogP) is 3.55. The molecule has 1 rings (SSSR count). The minimum absolute atomic E-state index is 0.0324. The van der Waals surface area contributed by atoms with E-state index in [1.54, 1.807) is 12.1 Å². The highest BCUT2D eigenvalue weighted by atomic mass is 127. The zero-order chi connectivity index (χ0) is 14.5. The summed E-state index contributed by atoms with van der Waals surface area (Å²) in [5, 5.41) is 0. The Bertz CT molecular complexity index is 449. The number of thioether (sulfide) groups is 1. The van der Waals surface area contributed by atoms with Gasteiger partial charge in [-0.05, 0) is 55.5 Å². The second-order valence-electron chi connectivity index (χ2n) is 5.01. The summed E-state index contributed by atoms with van der Waals surface area (Å²) in [6, 6.07) is 7.40. The number of benzene rings is 1. The van der Waals surface area contributed by atoms with E-state index in [1.807, 2.05) is 32.9 Å². The first-order chi connectivity index (χ1) is 8.78. The molecule has 19 heavy (non-hydrogen) atoms. The maximum atomic E-state index is 11.8. The molecule has 1 aromatic rings. The number of rotatable bonds is 5. The van der Waals surface area contributed by atoms with E-state index in [0.29, 0.717) is 11.3 Å². The Kier molecular flexibility index (Phi) is 6.32. The van der Waals surface area contributed by atoms with E-state index in [-0.39, 0.29) is 17.5 Å². The van der Waals surface area contributed by atoms with Crippen molar-refractivity contribution in [1.29, 1.82) is 0 Å². The molecule has 0 bridgehead atoms. The molecule has 0 spiro atoms. The summed E-state index contributed by atoms with van der Waals surface area (Å²) >= 11 is 3.48. The summed E-state index contributed by atoms with van der Waals surface area (Å²) in [5.74, 6) is 0.241. The lowest BCUT2D eigenvalue weighted by atomic mass is 10.2. The third-order valence-electron chi connectivity index (χ3n) is 2.04. The smallest absolute Gasteiger partial charge is 0.316 e. The van der Waals surface area contributed by atoms with Crippen molar-refractivity contribution in [2.75, 3.05) is 11.5 Å². The second kappa shape index (κ2) is 7.28. The molecule has 0 unspecified atom stereocenters. The highest BCUT2D eigenvalue weighted by Gasteiger charge is 2.16. The number of ether oxygens (including phenoxy) is 1. The summed E-state index contributed by atoms with van der Waals surface area (Å²) in [6.45, 7) is 5.48. The first kappa shape index (κ1) is 16.5. The maximum Gasteiger partial charge on any atom is 0.316 e. The van der Waals surface area contributed by atoms with Crippen LogP contribution in [0.1, 0.15) is 31.1 Å². The van der Waals surface area contributed by atoms with E-state index in [1.165, 1.54) is 11.8 Å². The fraction of sp³-hybridized carbons (Fsp3) is 0.429. The minimum Gasteiger partial charge on any atom is -0.459 e. The van der Waals surface area contributed by atoms with Gasteiger partial charge in [0.05, 0.1) is 11.5 Å². The lowest BCUT2D eigenvalue weighted by Gasteiger charge is -2.19. The van der Waals surface area contributed by atoms with E-state index < -0.39 is 5.60 Å². The topological polar surface area (TPSA) is 43.4 Å². The minimum atomic E-state index is -0.474. The summed E-state index contributed by atoms with van der Waals surface area (Å²) in [4.78, 5) is 23.3. The molecule has 3 nitrogen and oxygen atoms in total. The van der Waals surface area contributed by atoms with E-state index in [4.69, 9.17) is 4.74 Å². The summed E-state index contributed by atoms with van der Waals surface area (Å²) in [6.07, 6.45) is 0. The van der Waals surface area contributed by atoms with Gasteiger partial charge in [-0.3, -0.25) is 9.59 Å². The quantitative estimate of drug-likeness (QED) is 0.437. The molecule has 0 amide bonds. The number of Topliss-reactive ketones (excluding diaryl/α,β-unsaturated/α-hetero) is 1. The Morgan fingerprint density at radius 1 is 1.16 bits per heavy atom. The molecule has 0 atom stereocenters. The summed E-state index contributed by atoms with van der Waals surface area (Å²) in [7, 11) is 0. The Morgan fingerprint density at radius 2 is 1.74 bits per heavy atom. The third kappa shape index (κ3) is 6.96. The van der Waals surface area contributed by atoms with E-state index in [2.05, 4.69) is 22.6 Å². The van der Waals surface area contributed by atoms with Crippen molar-refractivity contribution in [3.8, 4) is 0 Å². The molecule has 0 aromatic heterocycles. The van der Waals surface area contributed by atoms with Crippen molar-refractivity contribution in [2.45, 2.75) is 26.4 Å². The molecular weight excluding hydrogens is 375 g/mol. The highest BCUT2D eigenvalue weighted by Crippen LogP contribution is 2.13. The van der Waals surface area contributed by atoms with Crippen molar-refractivity contribution in [3.63, 3.8) is 0 Å². The van der Waals surface area contributed by atoms with Gasteiger partial charge >= 0.3 is 5.97 Å². The number of ketones is 1. The molecule has 1 aromatic carbocycles. The van der Waals surface area contributed by atoms with Crippen LogP contribution in [0.5, 0.6) is 0 Å². The van der Waals surface area contributed by atoms with Gasteiger partial charge in [0.1, 0.15) is 5.60 Å². The first-order valence-corrected chi connectivity index (χ1v) is 8.09. The van der Waals surface area contributed by atoms with Gasteiger partial charge in [-0.25, -0.2) is 0 Å². The standard InChI is InChI=1S/C14H17IO3S/c1-14(2,3)18-13(17)9-19-8-12(16)10-4-6-11(15)7-5-10/h4-7H,8-9H2,1-3H3. The number of esters is 1. The Morgan fingerprint density at radius 3 is 2.26 bits per heavy atom. The van der Waals surface area contributed by atoms with Crippen LogP contribution in [-0.2, 0) is 9.53 Å². The molecule has 0 saturated heterocycles. The van der Waals surface area contributed by atoms with Crippen LogP contribution in [0, 0.1) is 3.57 Å². The summed E-state index contributed by atoms with van der Waals surface area (Å²) < 4.78 is 6.26. The maximum absolute atomic E-state index is 11.8. The SMILES string of the molecule is CC(C)(C)OC(=O)CSCC(=O)c1ccc(I)cc1. The fourth-order valence-electron chi connectivity index (χ4n) is 1.32. The molecular formula is C14H17IO3S. The van der Waals surface area contributed by atoms with Crippen LogP contribution in [0.3, 0.4) is 0 Å². The Labute approximate surface area is 131 Å². The monoisotopic (exact) mass is 392 g/mol. The van der Waals surface area contributed by atoms with Gasteiger partial charge in [-0.15, -0.1) is 11.8 Å². The van der Waals surface area contributed by atoms with Crippen LogP contribution in [0.4, 0.5) is 0 Å². The van der Waals surface area contributed by atoms with E-state index in [0.717, 1.165) is 3.57 Å². The molecule has 0 aliphatic carbocycles. The lowest BCUT2D eigenvalue weighted by Crippen LogP contribution is -2.25. The lowest BCUT2D eigenvalue weighted by molar-refractivity contribution is -0.151. The second-order valence-corrected chi connectivity index (χ2v) is 7.24. The van der Waals surface area contributed by atoms with Crippen molar-refractivity contribution in [3.05, 3.63) is 33.4 Å². The molecule has 0 aliphatic rings. The van der Waals surface area contributed by atoms with Crippen LogP contribution in [0.15, 0.2) is 24.3 Å². The normalized spacial score (nSPS) is 11.2. The number of carbonyl (C=O) groups excluding carboxylic acids is 2. The van der Waals surface area contributed by atoms with Crippen molar-refractivity contribution < 1.29 is 14.3 Å². The number of carbonyl (C=O) groups is 2. The van der Waals surface area contributed by atoms with Crippen molar-refractivity contribution in [1.82, 2.24) is 0 Å². The molecule has 5 heteroatoms. The Balaban J connectivity index is 2.35. The van der Waals surface area contributed by atoms with Crippen LogP contribution in [-0.4, -0.2) is 28.9 Å². The van der Waals surface area contributed by atoms with Gasteiger partial charge in [-0.2, -0.15) is 0 Å². The fourth-order valence-corrected chi connectivity index (χ4v) is 2.36. The molecule has 0 aliphatic heterocycles. The third-order valence-corrected chi connectivity index (χ3v) is 3.66. The van der Waals surface area contributed by atoms with Gasteiger partial charge in [0.25, 0.3) is 0 Å². The van der Waals surface area contributed by atoms with Gasteiger partial charge in [0.2, 0.25) is 0 Å². The van der Waals surface area contributed by atoms with Crippen molar-refractivity contribution >= 4 is 46.1 Å². The molecule has 0 N–H and O–H groups in total. The van der Waals surface area contributed by atoms with Gasteiger partial charge in [-0.1, -0.05) is 12.1 Å². The van der Waals surface area contributed by atoms with Crippen LogP contribution in [0.25, 0.3) is 0 Å². The Hall–Kier alpha value is -0.560. The first-order valence-electron chi connectivity index (χ1n) is 5.86. The molecule has 104 valence electrons. The molecule has 0 radical (unpaired) electrons. The largest absolute Gasteiger partial charge is 0.459 e. The molecule has 0 saturated carbocycles. The number of halogens is 1. The van der Waals surface area contributed by atoms with Crippen LogP contribution in [0.2, 0.25) is 0 Å². The van der Waals surface area contributed by atoms with Gasteiger partial charge < -0.3 is 4.74 Å². The number of hydrogen-bond donors (Lipinski definition) is 0. The van der Waals surface area contributed by atoms with Gasteiger partial charge in [0, 0.05) is 9.13 Å². The zero-order valence-corrected chi connectivity index (χ0v) is 14.2. The average Bonchev–Trinajstić information content (AvgIpc) is 2.27. The zero-order valence-electron chi connectivity index (χ0n) is 11.2. The van der Waals surface area contributed by atoms with E-state index in [9.17, 15) is 9.59 Å². The predicted molar refractivity (Wildman–Crippen MR) is 86.7 cm³/mol. The van der Waals surface area contributed by atoms with Crippen molar-refractivity contribution in [2.24, 2.45) is 0 Å². The average molecular weight is 392 g/mol. The molecule has 0 fully saturated rings. The van der Waals surface area contributed by atoms with E-state index >= 15 is 0 Å². The molecule has 0 heterocycles. The highest BCUT2D eigenvalue weighted by molar-refractivity contribution is 14.1. The number of hydrogen-bond acceptors (Lipinski definition) is 4. The van der Waals surface area contributed by atoms with Gasteiger partial charge in [0.15, 0.2) is 5.78 Å². The van der Waals surface area contributed by atoms with Crippen LogP contribution < -0.4 is 0 Å². The summed E-state index contributed by atoms with van der Waals surface area (Å²) in [5.41, 5.74) is 0.203.